The summed E-state index contributed by atoms with van der Waals surface area (Å²) < 4.78 is 0. The number of carbonyl (C=O) groups excluding carboxylic acids is 1. The zero-order chi connectivity index (χ0) is 11.4. The number of nitrogens with zero attached hydrogens (tertiary/aromatic N) is 2. The van der Waals surface area contributed by atoms with Crippen LogP contribution < -0.4 is 5.73 Å². The molecule has 0 spiro atoms. The van der Waals surface area contributed by atoms with Gasteiger partial charge in [0.2, 0.25) is 0 Å². The highest BCUT2D eigenvalue weighted by Gasteiger charge is 2.06. The Kier molecular flexibility index (Phi) is 2.91. The topological polar surface area (TPSA) is 68.9 Å². The molecule has 2 N–H and O–H groups in total. The van der Waals surface area contributed by atoms with Crippen molar-refractivity contribution in [2.24, 2.45) is 0 Å². The Morgan fingerprint density at radius 2 is 1.94 bits per heavy atom. The number of Topliss-reactive ketones (excluding diaryl/α,β-unsaturated/α-hetero) is 1. The molecule has 4 heteroatoms. The molecule has 0 saturated carbocycles. The van der Waals surface area contributed by atoms with Crippen molar-refractivity contribution in [3.63, 3.8) is 0 Å². The van der Waals surface area contributed by atoms with Gasteiger partial charge in [-0.25, -0.2) is 4.98 Å². The summed E-state index contributed by atoms with van der Waals surface area (Å²) in [5, 5.41) is 0. The van der Waals surface area contributed by atoms with Crippen molar-refractivity contribution in [3.8, 4) is 0 Å². The number of aromatic nitrogens is 2. The van der Waals surface area contributed by atoms with E-state index in [2.05, 4.69) is 9.97 Å². The van der Waals surface area contributed by atoms with E-state index in [1.165, 1.54) is 0 Å². The van der Waals surface area contributed by atoms with Crippen LogP contribution in [0.4, 0.5) is 5.82 Å². The second-order valence-electron chi connectivity index (χ2n) is 3.42. The van der Waals surface area contributed by atoms with Crippen molar-refractivity contribution in [1.82, 2.24) is 9.97 Å². The highest BCUT2D eigenvalue weighted by molar-refractivity contribution is 5.97. The molecule has 0 atom stereocenters. The van der Waals surface area contributed by atoms with Crippen molar-refractivity contribution in [3.05, 3.63) is 54.0 Å². The third-order valence-corrected chi connectivity index (χ3v) is 2.21. The molecule has 0 saturated heterocycles. The number of ketones is 1. The molecule has 0 amide bonds. The average molecular weight is 213 g/mol. The Bertz CT molecular complexity index is 497. The maximum absolute atomic E-state index is 11.8. The SMILES string of the molecule is Nc1cc(CC(=O)c2ccncc2)ccn1. The Hall–Kier alpha value is -2.23. The van der Waals surface area contributed by atoms with E-state index in [-0.39, 0.29) is 5.78 Å². The summed E-state index contributed by atoms with van der Waals surface area (Å²) in [4.78, 5) is 19.6. The number of hydrogen-bond acceptors (Lipinski definition) is 4. The minimum absolute atomic E-state index is 0.0491. The highest BCUT2D eigenvalue weighted by atomic mass is 16.1. The minimum atomic E-state index is 0.0491. The lowest BCUT2D eigenvalue weighted by molar-refractivity contribution is 0.0993. The predicted octanol–water partition coefficient (Wildman–Crippen LogP) is 1.48. The molecule has 0 aromatic carbocycles. The van der Waals surface area contributed by atoms with Crippen LogP contribution in [-0.2, 0) is 6.42 Å². The molecule has 0 aliphatic heterocycles. The first-order valence-corrected chi connectivity index (χ1v) is 4.89. The van der Waals surface area contributed by atoms with E-state index >= 15 is 0 Å². The van der Waals surface area contributed by atoms with E-state index in [1.807, 2.05) is 0 Å². The zero-order valence-corrected chi connectivity index (χ0v) is 8.63. The summed E-state index contributed by atoms with van der Waals surface area (Å²) in [7, 11) is 0. The zero-order valence-electron chi connectivity index (χ0n) is 8.63. The van der Waals surface area contributed by atoms with Gasteiger partial charge in [0.25, 0.3) is 0 Å². The molecular formula is C12H11N3O. The molecule has 16 heavy (non-hydrogen) atoms. The number of nitrogens with two attached hydrogens (primary N) is 1. The van der Waals surface area contributed by atoms with Crippen LogP contribution in [0, 0.1) is 0 Å². The quantitative estimate of drug-likeness (QED) is 0.784. The van der Waals surface area contributed by atoms with E-state index < -0.39 is 0 Å². The summed E-state index contributed by atoms with van der Waals surface area (Å²) in [5.41, 5.74) is 7.07. The van der Waals surface area contributed by atoms with Crippen LogP contribution in [-0.4, -0.2) is 15.8 Å². The van der Waals surface area contributed by atoms with Gasteiger partial charge in [-0.3, -0.25) is 9.78 Å². The lowest BCUT2D eigenvalue weighted by atomic mass is 10.1. The molecule has 0 unspecified atom stereocenters. The molecule has 80 valence electrons. The molecule has 0 fully saturated rings. The summed E-state index contributed by atoms with van der Waals surface area (Å²) in [6.45, 7) is 0. The Morgan fingerprint density at radius 1 is 1.19 bits per heavy atom. The summed E-state index contributed by atoms with van der Waals surface area (Å²) in [5.74, 6) is 0.480. The van der Waals surface area contributed by atoms with Gasteiger partial charge in [0.15, 0.2) is 5.78 Å². The predicted molar refractivity (Wildman–Crippen MR) is 60.9 cm³/mol. The molecule has 0 radical (unpaired) electrons. The van der Waals surface area contributed by atoms with Gasteiger partial charge in [-0.1, -0.05) is 0 Å². The smallest absolute Gasteiger partial charge is 0.167 e. The van der Waals surface area contributed by atoms with E-state index in [0.717, 1.165) is 5.56 Å². The molecule has 4 nitrogen and oxygen atoms in total. The minimum Gasteiger partial charge on any atom is -0.384 e. The maximum Gasteiger partial charge on any atom is 0.167 e. The van der Waals surface area contributed by atoms with Gasteiger partial charge >= 0.3 is 0 Å². The average Bonchev–Trinajstić information content (AvgIpc) is 2.30. The summed E-state index contributed by atoms with van der Waals surface area (Å²) in [6, 6.07) is 6.90. The van der Waals surface area contributed by atoms with Crippen LogP contribution >= 0.6 is 0 Å². The molecule has 2 heterocycles. The van der Waals surface area contributed by atoms with Gasteiger partial charge in [0, 0.05) is 30.6 Å². The first-order valence-electron chi connectivity index (χ1n) is 4.89. The van der Waals surface area contributed by atoms with Crippen molar-refractivity contribution >= 4 is 11.6 Å². The third-order valence-electron chi connectivity index (χ3n) is 2.21. The monoisotopic (exact) mass is 213 g/mol. The second-order valence-corrected chi connectivity index (χ2v) is 3.42. The fraction of sp³-hybridized carbons (Fsp3) is 0.0833. The molecule has 0 aliphatic carbocycles. The number of anilines is 1. The maximum atomic E-state index is 11.8. The number of hydrogen-bond donors (Lipinski definition) is 1. The van der Waals surface area contributed by atoms with Crippen LogP contribution in [0.2, 0.25) is 0 Å². The van der Waals surface area contributed by atoms with E-state index in [4.69, 9.17) is 5.73 Å². The van der Waals surface area contributed by atoms with Gasteiger partial charge in [-0.05, 0) is 29.8 Å². The Balaban J connectivity index is 2.14. The van der Waals surface area contributed by atoms with E-state index in [9.17, 15) is 4.79 Å². The molecule has 2 aromatic rings. The van der Waals surface area contributed by atoms with Crippen molar-refractivity contribution in [2.45, 2.75) is 6.42 Å². The van der Waals surface area contributed by atoms with Crippen molar-refractivity contribution in [1.29, 1.82) is 0 Å². The van der Waals surface area contributed by atoms with Crippen LogP contribution in [0.5, 0.6) is 0 Å². The standard InChI is InChI=1S/C12H11N3O/c13-12-8-9(1-6-15-12)7-11(16)10-2-4-14-5-3-10/h1-6,8H,7H2,(H2,13,15). The molecule has 0 bridgehead atoms. The molecular weight excluding hydrogens is 202 g/mol. The van der Waals surface area contributed by atoms with Crippen LogP contribution in [0.25, 0.3) is 0 Å². The lowest BCUT2D eigenvalue weighted by Crippen LogP contribution is -2.04. The first kappa shape index (κ1) is 10.3. The molecule has 2 aromatic heterocycles. The van der Waals surface area contributed by atoms with Crippen LogP contribution in [0.3, 0.4) is 0 Å². The number of pyridine rings is 2. The fourth-order valence-corrected chi connectivity index (χ4v) is 1.43. The number of carbonyl (C=O) groups is 1. The Morgan fingerprint density at radius 3 is 2.62 bits per heavy atom. The molecule has 0 aliphatic rings. The number of rotatable bonds is 3. The van der Waals surface area contributed by atoms with Gasteiger partial charge in [-0.2, -0.15) is 0 Å². The van der Waals surface area contributed by atoms with E-state index in [1.54, 1.807) is 42.9 Å². The van der Waals surface area contributed by atoms with Crippen LogP contribution in [0.15, 0.2) is 42.9 Å². The summed E-state index contributed by atoms with van der Waals surface area (Å²) in [6.07, 6.45) is 5.14. The van der Waals surface area contributed by atoms with Crippen molar-refractivity contribution < 1.29 is 4.79 Å². The lowest BCUT2D eigenvalue weighted by Gasteiger charge is -2.01. The third kappa shape index (κ3) is 2.42. The van der Waals surface area contributed by atoms with Gasteiger partial charge in [-0.15, -0.1) is 0 Å². The fourth-order valence-electron chi connectivity index (χ4n) is 1.43. The van der Waals surface area contributed by atoms with Crippen molar-refractivity contribution in [2.75, 3.05) is 5.73 Å². The van der Waals surface area contributed by atoms with E-state index in [0.29, 0.717) is 17.8 Å². The van der Waals surface area contributed by atoms with Gasteiger partial charge < -0.3 is 5.73 Å². The highest BCUT2D eigenvalue weighted by Crippen LogP contribution is 2.08. The second kappa shape index (κ2) is 4.53. The van der Waals surface area contributed by atoms with Gasteiger partial charge in [0.1, 0.15) is 5.82 Å². The van der Waals surface area contributed by atoms with Gasteiger partial charge in [0.05, 0.1) is 0 Å². The van der Waals surface area contributed by atoms with Crippen LogP contribution in [0.1, 0.15) is 15.9 Å². The normalized spacial score (nSPS) is 10.0. The Labute approximate surface area is 93.2 Å². The first-order chi connectivity index (χ1) is 7.75. The largest absolute Gasteiger partial charge is 0.384 e. The number of nitrogen functional groups attached to an aromatic ring is 1. The molecule has 2 rings (SSSR count). The summed E-state index contributed by atoms with van der Waals surface area (Å²) >= 11 is 0.